The quantitative estimate of drug-likeness (QED) is 0.215. The molecule has 3 nitrogen and oxygen atoms in total. The SMILES string of the molecule is Cc1cc(-c2cccc3c2[nH]c2oc4ccccc4c23)c2c(c1)-n1c3sc4ccccc4c3c3cccc(c31)B2. The Labute approximate surface area is 233 Å². The maximum atomic E-state index is 6.26. The highest BCUT2D eigenvalue weighted by atomic mass is 32.1. The Morgan fingerprint density at radius 1 is 0.750 bits per heavy atom. The molecule has 5 heterocycles. The average Bonchev–Trinajstić information content (AvgIpc) is 3.71. The fourth-order valence-electron chi connectivity index (χ4n) is 7.23. The van der Waals surface area contributed by atoms with Crippen molar-refractivity contribution < 1.29 is 4.42 Å². The smallest absolute Gasteiger partial charge is 0.206 e. The highest BCUT2D eigenvalue weighted by Crippen LogP contribution is 2.43. The molecule has 5 heteroatoms. The third-order valence-corrected chi connectivity index (χ3v) is 9.99. The van der Waals surface area contributed by atoms with Gasteiger partial charge >= 0.3 is 0 Å². The molecule has 5 aromatic carbocycles. The van der Waals surface area contributed by atoms with Gasteiger partial charge in [-0.25, -0.2) is 0 Å². The molecule has 10 rings (SSSR count). The molecule has 186 valence electrons. The Balaban J connectivity index is 1.32. The van der Waals surface area contributed by atoms with Crippen molar-refractivity contribution in [2.45, 2.75) is 6.92 Å². The standard InChI is InChI=1S/C35H21BN2OS/c1-18-16-24(19-10-6-11-22-29-20-8-2-4-14-27(20)39-34(29)37-32(19)22)31-26(17-18)38-33-23(12-7-13-25(33)36-31)30-21-9-3-5-15-28(21)40-35(30)38/h2-17,36-37H,1H3. The summed E-state index contributed by atoms with van der Waals surface area (Å²) in [7, 11) is 0.910. The molecule has 0 amide bonds. The zero-order chi connectivity index (χ0) is 26.1. The van der Waals surface area contributed by atoms with Gasteiger partial charge < -0.3 is 14.0 Å². The van der Waals surface area contributed by atoms with Gasteiger partial charge in [-0.15, -0.1) is 11.3 Å². The lowest BCUT2D eigenvalue weighted by molar-refractivity contribution is 0.657. The largest absolute Gasteiger partial charge is 0.440 e. The van der Waals surface area contributed by atoms with Crippen molar-refractivity contribution in [2.24, 2.45) is 0 Å². The van der Waals surface area contributed by atoms with E-state index in [0.29, 0.717) is 0 Å². The van der Waals surface area contributed by atoms with Crippen LogP contribution in [0.1, 0.15) is 5.56 Å². The Kier molecular flexibility index (Phi) is 3.84. The van der Waals surface area contributed by atoms with Crippen molar-refractivity contribution in [1.29, 1.82) is 0 Å². The van der Waals surface area contributed by atoms with Crippen molar-refractivity contribution in [3.63, 3.8) is 0 Å². The molecular weight excluding hydrogens is 507 g/mol. The maximum absolute atomic E-state index is 6.26. The first-order valence-electron chi connectivity index (χ1n) is 13.7. The number of aromatic nitrogens is 2. The summed E-state index contributed by atoms with van der Waals surface area (Å²) in [6.07, 6.45) is 0. The minimum absolute atomic E-state index is 0.842. The summed E-state index contributed by atoms with van der Waals surface area (Å²) in [6, 6.07) is 35.4. The molecule has 0 saturated carbocycles. The van der Waals surface area contributed by atoms with E-state index < -0.39 is 0 Å². The van der Waals surface area contributed by atoms with Gasteiger partial charge in [0.1, 0.15) is 10.4 Å². The molecule has 40 heavy (non-hydrogen) atoms. The highest BCUT2D eigenvalue weighted by Gasteiger charge is 2.28. The van der Waals surface area contributed by atoms with Crippen LogP contribution < -0.4 is 10.9 Å². The van der Waals surface area contributed by atoms with Gasteiger partial charge in [0.15, 0.2) is 7.28 Å². The molecular formula is C35H21BN2OS. The molecule has 0 aliphatic carbocycles. The van der Waals surface area contributed by atoms with Crippen LogP contribution in [0, 0.1) is 6.92 Å². The van der Waals surface area contributed by atoms with Crippen LogP contribution >= 0.6 is 11.3 Å². The van der Waals surface area contributed by atoms with Crippen LogP contribution in [0.25, 0.3) is 81.0 Å². The number of aromatic amines is 1. The van der Waals surface area contributed by atoms with Gasteiger partial charge in [-0.1, -0.05) is 84.3 Å². The van der Waals surface area contributed by atoms with E-state index in [1.54, 1.807) is 0 Å². The molecule has 4 aromatic heterocycles. The third kappa shape index (κ3) is 2.52. The van der Waals surface area contributed by atoms with E-state index in [-0.39, 0.29) is 0 Å². The molecule has 0 radical (unpaired) electrons. The number of fused-ring (bicyclic) bond motifs is 12. The van der Waals surface area contributed by atoms with Crippen molar-refractivity contribution in [3.8, 4) is 16.8 Å². The molecule has 0 fully saturated rings. The summed E-state index contributed by atoms with van der Waals surface area (Å²) in [4.78, 5) is 5.01. The average molecular weight is 528 g/mol. The second kappa shape index (κ2) is 7.26. The number of thiophene rings is 1. The Morgan fingerprint density at radius 3 is 2.50 bits per heavy atom. The third-order valence-electron chi connectivity index (χ3n) is 8.83. The lowest BCUT2D eigenvalue weighted by Gasteiger charge is -2.24. The number of hydrogen-bond acceptors (Lipinski definition) is 2. The van der Waals surface area contributed by atoms with Gasteiger partial charge in [-0.3, -0.25) is 0 Å². The zero-order valence-electron chi connectivity index (χ0n) is 21.7. The first-order chi connectivity index (χ1) is 19.7. The minimum atomic E-state index is 0.842. The monoisotopic (exact) mass is 528 g/mol. The van der Waals surface area contributed by atoms with Crippen molar-refractivity contribution in [1.82, 2.24) is 9.55 Å². The molecule has 0 spiro atoms. The van der Waals surface area contributed by atoms with E-state index >= 15 is 0 Å². The van der Waals surface area contributed by atoms with E-state index in [0.717, 1.165) is 29.5 Å². The van der Waals surface area contributed by atoms with E-state index in [1.165, 1.54) is 75.3 Å². The predicted octanol–water partition coefficient (Wildman–Crippen LogP) is 8.06. The van der Waals surface area contributed by atoms with Crippen LogP contribution in [0.5, 0.6) is 0 Å². The summed E-state index contributed by atoms with van der Waals surface area (Å²) >= 11 is 1.90. The Hall–Kier alpha value is -4.74. The van der Waals surface area contributed by atoms with E-state index in [1.807, 2.05) is 23.5 Å². The second-order valence-electron chi connectivity index (χ2n) is 11.1. The Morgan fingerprint density at radius 2 is 1.55 bits per heavy atom. The molecule has 1 aliphatic heterocycles. The number of furan rings is 1. The predicted molar refractivity (Wildman–Crippen MR) is 172 cm³/mol. The summed E-state index contributed by atoms with van der Waals surface area (Å²) in [5, 5.41) is 7.62. The van der Waals surface area contributed by atoms with Crippen molar-refractivity contribution in [3.05, 3.63) is 103 Å². The lowest BCUT2D eigenvalue weighted by Crippen LogP contribution is -2.37. The first kappa shape index (κ1) is 21.1. The van der Waals surface area contributed by atoms with E-state index in [4.69, 9.17) is 4.42 Å². The number of rotatable bonds is 1. The van der Waals surface area contributed by atoms with Gasteiger partial charge in [0.05, 0.1) is 10.9 Å². The Bertz CT molecular complexity index is 2540. The maximum Gasteiger partial charge on any atom is 0.206 e. The number of nitrogens with one attached hydrogen (secondary N) is 1. The van der Waals surface area contributed by atoms with Crippen LogP contribution in [0.4, 0.5) is 0 Å². The highest BCUT2D eigenvalue weighted by molar-refractivity contribution is 7.25. The molecule has 0 bridgehead atoms. The summed E-state index contributed by atoms with van der Waals surface area (Å²) in [6.45, 7) is 2.22. The molecule has 1 N–H and O–H groups in total. The first-order valence-corrected chi connectivity index (χ1v) is 14.6. The van der Waals surface area contributed by atoms with Crippen LogP contribution in [0.2, 0.25) is 0 Å². The number of H-pyrrole nitrogens is 1. The van der Waals surface area contributed by atoms with Gasteiger partial charge in [-0.05, 0) is 41.7 Å². The van der Waals surface area contributed by atoms with Gasteiger partial charge in [-0.2, -0.15) is 0 Å². The van der Waals surface area contributed by atoms with Crippen LogP contribution in [0.3, 0.4) is 0 Å². The fourth-order valence-corrected chi connectivity index (χ4v) is 8.47. The molecule has 0 saturated heterocycles. The van der Waals surface area contributed by atoms with E-state index in [2.05, 4.69) is 101 Å². The number of aryl methyl sites for hydroxylation is 1. The van der Waals surface area contributed by atoms with Crippen LogP contribution in [-0.4, -0.2) is 16.8 Å². The van der Waals surface area contributed by atoms with Crippen molar-refractivity contribution >= 4 is 93.7 Å². The second-order valence-corrected chi connectivity index (χ2v) is 12.1. The zero-order valence-corrected chi connectivity index (χ0v) is 22.5. The lowest BCUT2D eigenvalue weighted by atomic mass is 9.59. The van der Waals surface area contributed by atoms with Crippen LogP contribution in [-0.2, 0) is 0 Å². The molecule has 1 aliphatic rings. The van der Waals surface area contributed by atoms with Gasteiger partial charge in [0.25, 0.3) is 0 Å². The number of nitrogens with zero attached hydrogens (tertiary/aromatic N) is 1. The topological polar surface area (TPSA) is 33.9 Å². The summed E-state index contributed by atoms with van der Waals surface area (Å²) in [5.74, 6) is 0. The molecule has 0 atom stereocenters. The van der Waals surface area contributed by atoms with Crippen molar-refractivity contribution in [2.75, 3.05) is 0 Å². The summed E-state index contributed by atoms with van der Waals surface area (Å²) in [5.41, 5.74) is 12.1. The number of para-hydroxylation sites is 3. The molecule has 0 unspecified atom stereocenters. The fraction of sp³-hybridized carbons (Fsp3) is 0.0286. The summed E-state index contributed by atoms with van der Waals surface area (Å²) < 4.78 is 10.1. The van der Waals surface area contributed by atoms with Gasteiger partial charge in [0, 0.05) is 48.4 Å². The number of benzene rings is 5. The minimum Gasteiger partial charge on any atom is -0.440 e. The van der Waals surface area contributed by atoms with E-state index in [9.17, 15) is 0 Å². The normalized spacial score (nSPS) is 12.8. The van der Waals surface area contributed by atoms with Gasteiger partial charge in [0.2, 0.25) is 5.71 Å². The number of hydrogen-bond donors (Lipinski definition) is 1. The van der Waals surface area contributed by atoms with Crippen LogP contribution in [0.15, 0.2) is 101 Å². The molecule has 9 aromatic rings.